The first kappa shape index (κ1) is 15.3. The van der Waals surface area contributed by atoms with E-state index in [0.29, 0.717) is 17.0 Å². The first-order valence-electron chi connectivity index (χ1n) is 6.02. The van der Waals surface area contributed by atoms with Gasteiger partial charge >= 0.3 is 6.18 Å². The molecule has 0 aliphatic carbocycles. The summed E-state index contributed by atoms with van der Waals surface area (Å²) in [6.45, 7) is 1.55. The van der Waals surface area contributed by atoms with Crippen LogP contribution < -0.4 is 10.6 Å². The summed E-state index contributed by atoms with van der Waals surface area (Å²) in [5.41, 5.74) is 0.617. The molecular weight excluding hydrogens is 303 g/mol. The Morgan fingerprint density at radius 2 is 1.95 bits per heavy atom. The van der Waals surface area contributed by atoms with E-state index in [4.69, 9.17) is 0 Å². The fourth-order valence-electron chi connectivity index (χ4n) is 1.49. The number of nitrogens with zero attached hydrogens (tertiary/aromatic N) is 1. The van der Waals surface area contributed by atoms with Crippen molar-refractivity contribution < 1.29 is 18.0 Å². The molecule has 21 heavy (non-hydrogen) atoms. The zero-order valence-electron chi connectivity index (χ0n) is 10.9. The summed E-state index contributed by atoms with van der Waals surface area (Å²) in [4.78, 5) is 14.7. The average molecular weight is 315 g/mol. The van der Waals surface area contributed by atoms with Crippen LogP contribution in [0.5, 0.6) is 0 Å². The molecule has 0 saturated carbocycles. The van der Waals surface area contributed by atoms with E-state index in [9.17, 15) is 18.0 Å². The monoisotopic (exact) mass is 315 g/mol. The number of aromatic nitrogens is 1. The van der Waals surface area contributed by atoms with Gasteiger partial charge in [0.25, 0.3) is 0 Å². The highest BCUT2D eigenvalue weighted by Crippen LogP contribution is 2.35. The Bertz CT molecular complexity index is 613. The van der Waals surface area contributed by atoms with Gasteiger partial charge in [0.2, 0.25) is 5.91 Å². The maximum atomic E-state index is 12.4. The molecule has 1 atom stereocenters. The van der Waals surface area contributed by atoms with Gasteiger partial charge in [-0.15, -0.1) is 0 Å². The van der Waals surface area contributed by atoms with Crippen LogP contribution in [0.15, 0.2) is 36.5 Å². The van der Waals surface area contributed by atoms with Crippen molar-refractivity contribution in [3.8, 4) is 0 Å². The normalized spacial score (nSPS) is 12.8. The number of amides is 1. The lowest BCUT2D eigenvalue weighted by atomic mass is 10.3. The lowest BCUT2D eigenvalue weighted by Crippen LogP contribution is -2.31. The summed E-state index contributed by atoms with van der Waals surface area (Å²) in [5.74, 6) is -0.357. The zero-order valence-corrected chi connectivity index (χ0v) is 11.8. The van der Waals surface area contributed by atoms with E-state index in [0.717, 1.165) is 6.20 Å². The van der Waals surface area contributed by atoms with Gasteiger partial charge in [0, 0.05) is 5.69 Å². The second-order valence-corrected chi connectivity index (χ2v) is 5.28. The summed E-state index contributed by atoms with van der Waals surface area (Å²) in [7, 11) is 0. The SMILES string of the molecule is CC(Nc1ncc(C(F)(F)F)s1)C(=O)Nc1ccccc1. The first-order valence-corrected chi connectivity index (χ1v) is 6.83. The minimum Gasteiger partial charge on any atom is -0.350 e. The van der Waals surface area contributed by atoms with Gasteiger partial charge in [0.05, 0.1) is 6.20 Å². The summed E-state index contributed by atoms with van der Waals surface area (Å²) in [5, 5.41) is 5.36. The minimum atomic E-state index is -4.42. The molecule has 2 N–H and O–H groups in total. The van der Waals surface area contributed by atoms with Crippen LogP contribution in [0.1, 0.15) is 11.8 Å². The summed E-state index contributed by atoms with van der Waals surface area (Å²) >= 11 is 0.465. The number of benzene rings is 1. The Hall–Kier alpha value is -2.09. The van der Waals surface area contributed by atoms with E-state index in [2.05, 4.69) is 15.6 Å². The third-order valence-corrected chi connectivity index (χ3v) is 3.53. The van der Waals surface area contributed by atoms with E-state index in [1.54, 1.807) is 31.2 Å². The van der Waals surface area contributed by atoms with Crippen molar-refractivity contribution in [2.45, 2.75) is 19.1 Å². The van der Waals surface area contributed by atoms with Gasteiger partial charge in [-0.1, -0.05) is 29.5 Å². The lowest BCUT2D eigenvalue weighted by Gasteiger charge is -2.13. The predicted octanol–water partition coefficient (Wildman–Crippen LogP) is 3.60. The van der Waals surface area contributed by atoms with Crippen molar-refractivity contribution >= 4 is 28.1 Å². The van der Waals surface area contributed by atoms with Gasteiger partial charge in [-0.3, -0.25) is 4.79 Å². The van der Waals surface area contributed by atoms with E-state index < -0.39 is 17.1 Å². The predicted molar refractivity (Wildman–Crippen MR) is 75.3 cm³/mol. The van der Waals surface area contributed by atoms with Crippen molar-refractivity contribution in [1.82, 2.24) is 4.98 Å². The molecule has 0 aliphatic heterocycles. The number of rotatable bonds is 4. The molecular formula is C13H12F3N3OS. The smallest absolute Gasteiger partial charge is 0.350 e. The third-order valence-electron chi connectivity index (χ3n) is 2.56. The molecule has 1 heterocycles. The fraction of sp³-hybridized carbons (Fsp3) is 0.231. The van der Waals surface area contributed by atoms with Gasteiger partial charge in [0.15, 0.2) is 5.13 Å². The highest BCUT2D eigenvalue weighted by atomic mass is 32.1. The van der Waals surface area contributed by atoms with Crippen LogP contribution in [0.3, 0.4) is 0 Å². The second kappa shape index (κ2) is 6.13. The van der Waals surface area contributed by atoms with Crippen molar-refractivity contribution in [3.05, 3.63) is 41.4 Å². The first-order chi connectivity index (χ1) is 9.86. The van der Waals surface area contributed by atoms with Gasteiger partial charge in [-0.25, -0.2) is 4.98 Å². The number of halogens is 3. The molecule has 2 aromatic rings. The van der Waals surface area contributed by atoms with Crippen molar-refractivity contribution in [2.75, 3.05) is 10.6 Å². The molecule has 4 nitrogen and oxygen atoms in total. The number of anilines is 2. The molecule has 8 heteroatoms. The Kier molecular flexibility index (Phi) is 4.46. The maximum Gasteiger partial charge on any atom is 0.427 e. The maximum absolute atomic E-state index is 12.4. The van der Waals surface area contributed by atoms with E-state index >= 15 is 0 Å². The molecule has 0 radical (unpaired) electrons. The number of carbonyl (C=O) groups is 1. The minimum absolute atomic E-state index is 0.0537. The molecule has 1 aromatic heterocycles. The molecule has 0 bridgehead atoms. The van der Waals surface area contributed by atoms with Gasteiger partial charge in [-0.05, 0) is 19.1 Å². The van der Waals surface area contributed by atoms with Crippen LogP contribution in [0, 0.1) is 0 Å². The Morgan fingerprint density at radius 1 is 1.29 bits per heavy atom. The number of nitrogens with one attached hydrogen (secondary N) is 2. The number of hydrogen-bond donors (Lipinski definition) is 2. The molecule has 2 rings (SSSR count). The lowest BCUT2D eigenvalue weighted by molar-refractivity contribution is -0.134. The molecule has 0 saturated heterocycles. The number of alkyl halides is 3. The molecule has 0 spiro atoms. The average Bonchev–Trinajstić information content (AvgIpc) is 2.88. The summed E-state index contributed by atoms with van der Waals surface area (Å²) < 4.78 is 37.3. The van der Waals surface area contributed by atoms with Crippen LogP contribution in [0.4, 0.5) is 24.0 Å². The Labute approximate surface area is 123 Å². The third kappa shape index (κ3) is 4.19. The molecule has 112 valence electrons. The molecule has 1 unspecified atom stereocenters. The zero-order chi connectivity index (χ0) is 15.5. The number of thiazole rings is 1. The van der Waals surface area contributed by atoms with E-state index in [1.807, 2.05) is 6.07 Å². The molecule has 0 aliphatic rings. The molecule has 0 fully saturated rings. The fourth-order valence-corrected chi connectivity index (χ4v) is 2.27. The highest BCUT2D eigenvalue weighted by molar-refractivity contribution is 7.15. The molecule has 1 aromatic carbocycles. The van der Waals surface area contributed by atoms with E-state index in [1.165, 1.54) is 0 Å². The summed E-state index contributed by atoms with van der Waals surface area (Å²) in [6, 6.07) is 8.07. The van der Waals surface area contributed by atoms with Crippen molar-refractivity contribution in [2.24, 2.45) is 0 Å². The van der Waals surface area contributed by atoms with Crippen LogP contribution >= 0.6 is 11.3 Å². The van der Waals surface area contributed by atoms with Gasteiger partial charge in [0.1, 0.15) is 10.9 Å². The van der Waals surface area contributed by atoms with Crippen LogP contribution in [0.25, 0.3) is 0 Å². The topological polar surface area (TPSA) is 54.0 Å². The quantitative estimate of drug-likeness (QED) is 0.906. The van der Waals surface area contributed by atoms with Crippen LogP contribution in [-0.4, -0.2) is 16.9 Å². The Balaban J connectivity index is 1.96. The number of hydrogen-bond acceptors (Lipinski definition) is 4. The van der Waals surface area contributed by atoms with Gasteiger partial charge < -0.3 is 10.6 Å². The largest absolute Gasteiger partial charge is 0.427 e. The van der Waals surface area contributed by atoms with Crippen LogP contribution in [-0.2, 0) is 11.0 Å². The number of para-hydroxylation sites is 1. The van der Waals surface area contributed by atoms with Gasteiger partial charge in [-0.2, -0.15) is 13.2 Å². The second-order valence-electron chi connectivity index (χ2n) is 4.25. The summed E-state index contributed by atoms with van der Waals surface area (Å²) in [6.07, 6.45) is -3.68. The Morgan fingerprint density at radius 3 is 2.52 bits per heavy atom. The standard InChI is InChI=1S/C13H12F3N3OS/c1-8(11(20)19-9-5-3-2-4-6-9)18-12-17-7-10(21-12)13(14,15)16/h2-8H,1H3,(H,17,18)(H,19,20). The highest BCUT2D eigenvalue weighted by Gasteiger charge is 2.33. The molecule has 1 amide bonds. The van der Waals surface area contributed by atoms with Crippen molar-refractivity contribution in [1.29, 1.82) is 0 Å². The van der Waals surface area contributed by atoms with E-state index in [-0.39, 0.29) is 11.0 Å². The van der Waals surface area contributed by atoms with Crippen molar-refractivity contribution in [3.63, 3.8) is 0 Å². The number of carbonyl (C=O) groups excluding carboxylic acids is 1. The van der Waals surface area contributed by atoms with Crippen LogP contribution in [0.2, 0.25) is 0 Å².